The fourth-order valence-corrected chi connectivity index (χ4v) is 4.00. The van der Waals surface area contributed by atoms with Crippen LogP contribution in [0.25, 0.3) is 17.0 Å². The zero-order valence-corrected chi connectivity index (χ0v) is 17.8. The monoisotopic (exact) mass is 434 g/mol. The predicted octanol–water partition coefficient (Wildman–Crippen LogP) is 3.38. The lowest BCUT2D eigenvalue weighted by molar-refractivity contribution is 0.0953. The first-order valence-electron chi connectivity index (χ1n) is 9.89. The molecule has 4 rings (SSSR count). The maximum Gasteiger partial charge on any atom is 0.252 e. The van der Waals surface area contributed by atoms with Crippen molar-refractivity contribution in [3.63, 3.8) is 0 Å². The highest BCUT2D eigenvalue weighted by Gasteiger charge is 2.16. The van der Waals surface area contributed by atoms with Gasteiger partial charge in [0.25, 0.3) is 5.91 Å². The number of pyridine rings is 1. The summed E-state index contributed by atoms with van der Waals surface area (Å²) in [6, 6.07) is 20.1. The van der Waals surface area contributed by atoms with Crippen molar-refractivity contribution in [2.24, 2.45) is 0 Å². The Bertz CT molecular complexity index is 1260. The Labute approximate surface area is 181 Å². The Balaban J connectivity index is 1.50. The number of hydrogen-bond acceptors (Lipinski definition) is 5. The molecule has 0 saturated carbocycles. The van der Waals surface area contributed by atoms with Gasteiger partial charge in [-0.1, -0.05) is 42.5 Å². The summed E-state index contributed by atoms with van der Waals surface area (Å²) in [7, 11) is -3.35. The molecular weight excluding hydrogens is 412 g/mol. The van der Waals surface area contributed by atoms with Crippen molar-refractivity contribution in [3.8, 4) is 11.4 Å². The molecule has 2 aromatic carbocycles. The second-order valence-corrected chi connectivity index (χ2v) is 9.33. The Morgan fingerprint density at radius 1 is 1.06 bits per heavy atom. The van der Waals surface area contributed by atoms with E-state index in [0.717, 1.165) is 19.1 Å². The van der Waals surface area contributed by atoms with Crippen molar-refractivity contribution >= 4 is 21.8 Å². The van der Waals surface area contributed by atoms with Gasteiger partial charge in [0.2, 0.25) is 0 Å². The minimum atomic E-state index is -3.35. The molecule has 158 valence electrons. The van der Waals surface area contributed by atoms with Crippen LogP contribution in [0.5, 0.6) is 0 Å². The van der Waals surface area contributed by atoms with Crippen LogP contribution in [0.2, 0.25) is 0 Å². The van der Waals surface area contributed by atoms with Crippen LogP contribution in [0.4, 0.5) is 0 Å². The van der Waals surface area contributed by atoms with Gasteiger partial charge in [0.05, 0.1) is 15.8 Å². The summed E-state index contributed by atoms with van der Waals surface area (Å²) in [5.41, 5.74) is 2.90. The van der Waals surface area contributed by atoms with Gasteiger partial charge in [-0.3, -0.25) is 9.20 Å². The highest BCUT2D eigenvalue weighted by Crippen LogP contribution is 2.23. The van der Waals surface area contributed by atoms with Crippen LogP contribution in [0.15, 0.2) is 77.8 Å². The van der Waals surface area contributed by atoms with Gasteiger partial charge in [-0.05, 0) is 36.6 Å². The van der Waals surface area contributed by atoms with Gasteiger partial charge in [0.15, 0.2) is 16.4 Å². The summed E-state index contributed by atoms with van der Waals surface area (Å²) in [6.45, 7) is 0.567. The van der Waals surface area contributed by atoms with E-state index in [1.807, 2.05) is 18.2 Å². The van der Waals surface area contributed by atoms with Crippen molar-refractivity contribution in [2.45, 2.75) is 17.7 Å². The Morgan fingerprint density at radius 3 is 2.65 bits per heavy atom. The lowest BCUT2D eigenvalue weighted by Gasteiger charge is -2.10. The number of rotatable bonds is 7. The van der Waals surface area contributed by atoms with Crippen molar-refractivity contribution in [1.29, 1.82) is 0 Å². The van der Waals surface area contributed by atoms with Crippen LogP contribution < -0.4 is 5.32 Å². The Kier molecular flexibility index (Phi) is 5.92. The number of aromatic nitrogens is 3. The molecular formula is C23H22N4O3S. The predicted molar refractivity (Wildman–Crippen MR) is 119 cm³/mol. The molecule has 2 aromatic heterocycles. The summed E-state index contributed by atoms with van der Waals surface area (Å²) in [6.07, 6.45) is 4.57. The lowest BCUT2D eigenvalue weighted by atomic mass is 10.1. The van der Waals surface area contributed by atoms with Crippen LogP contribution in [0, 0.1) is 0 Å². The molecule has 0 fully saturated rings. The molecule has 31 heavy (non-hydrogen) atoms. The van der Waals surface area contributed by atoms with Crippen LogP contribution in [-0.2, 0) is 20.8 Å². The van der Waals surface area contributed by atoms with Gasteiger partial charge in [-0.15, -0.1) is 14.4 Å². The first-order valence-corrected chi connectivity index (χ1v) is 11.8. The molecule has 0 saturated heterocycles. The largest absolute Gasteiger partial charge is 0.610 e. The SMILES string of the molecule is C[S+](=O)([O-])c1cccc(-c2nnc3ccc(C(=O)NCCCc4ccccc4)cn23)c1. The fraction of sp³-hybridized carbons (Fsp3) is 0.174. The second kappa shape index (κ2) is 8.79. The number of nitrogens with zero attached hydrogens (tertiary/aromatic N) is 3. The van der Waals surface area contributed by atoms with Gasteiger partial charge in [0.1, 0.15) is 6.26 Å². The molecule has 0 aliphatic rings. The summed E-state index contributed by atoms with van der Waals surface area (Å²) < 4.78 is 25.5. The van der Waals surface area contributed by atoms with Crippen molar-refractivity contribution in [2.75, 3.05) is 12.8 Å². The van der Waals surface area contributed by atoms with Gasteiger partial charge in [0, 0.05) is 24.4 Å². The summed E-state index contributed by atoms with van der Waals surface area (Å²) in [5, 5.41) is 11.3. The average molecular weight is 435 g/mol. The second-order valence-electron chi connectivity index (χ2n) is 7.31. The Hall–Kier alpha value is -3.36. The third kappa shape index (κ3) is 4.87. The quantitative estimate of drug-likeness (QED) is 0.355. The first-order chi connectivity index (χ1) is 14.9. The molecule has 0 spiro atoms. The van der Waals surface area contributed by atoms with Gasteiger partial charge in [-0.2, -0.15) is 0 Å². The van der Waals surface area contributed by atoms with Gasteiger partial charge >= 0.3 is 0 Å². The average Bonchev–Trinajstić information content (AvgIpc) is 3.20. The van der Waals surface area contributed by atoms with E-state index in [9.17, 15) is 13.6 Å². The number of amides is 1. The summed E-state index contributed by atoms with van der Waals surface area (Å²) in [5.74, 6) is 0.290. The molecule has 7 nitrogen and oxygen atoms in total. The molecule has 1 atom stereocenters. The van der Waals surface area contributed by atoms with E-state index in [0.29, 0.717) is 29.1 Å². The molecule has 8 heteroatoms. The highest BCUT2D eigenvalue weighted by molar-refractivity contribution is 7.97. The third-order valence-corrected chi connectivity index (χ3v) is 6.07. The molecule has 0 aliphatic carbocycles. The maximum atomic E-state index is 12.6. The van der Waals surface area contributed by atoms with Crippen LogP contribution in [-0.4, -0.2) is 37.9 Å². The number of hydrogen-bond donors (Lipinski definition) is 1. The molecule has 0 bridgehead atoms. The molecule has 2 heterocycles. The fourth-order valence-electron chi connectivity index (χ4n) is 3.33. The number of nitrogens with one attached hydrogen (secondary N) is 1. The minimum Gasteiger partial charge on any atom is -0.610 e. The molecule has 1 N–H and O–H groups in total. The zero-order valence-electron chi connectivity index (χ0n) is 17.0. The summed E-state index contributed by atoms with van der Waals surface area (Å²) >= 11 is 0. The minimum absolute atomic E-state index is 0.181. The van der Waals surface area contributed by atoms with E-state index < -0.39 is 10.2 Å². The number of carbonyl (C=O) groups excluding carboxylic acids is 1. The number of benzene rings is 2. The van der Waals surface area contributed by atoms with Crippen molar-refractivity contribution in [1.82, 2.24) is 19.9 Å². The van der Waals surface area contributed by atoms with Gasteiger partial charge in [-0.25, -0.2) is 0 Å². The van der Waals surface area contributed by atoms with Crippen LogP contribution >= 0.6 is 0 Å². The van der Waals surface area contributed by atoms with Gasteiger partial charge < -0.3 is 9.87 Å². The number of sulfone groups is 1. The number of fused-ring (bicyclic) bond motifs is 1. The van der Waals surface area contributed by atoms with E-state index in [2.05, 4.69) is 27.6 Å². The van der Waals surface area contributed by atoms with E-state index in [1.165, 1.54) is 11.6 Å². The maximum absolute atomic E-state index is 12.6. The smallest absolute Gasteiger partial charge is 0.252 e. The normalized spacial score (nSPS) is 13.1. The standard InChI is InChI=1S/C23H22N4O3S/c1-31(29,30)20-11-5-10-18(15-20)22-26-25-21-13-12-19(16-27(21)22)23(28)24-14-6-9-17-7-3-2-4-8-17/h2-5,7-8,10-13,15-16H,6,9,14H2,1H3,(H-,24,28,29,30). The molecule has 0 radical (unpaired) electrons. The third-order valence-electron chi connectivity index (χ3n) is 4.96. The molecule has 4 aromatic rings. The molecule has 0 aliphatic heterocycles. The first kappa shape index (κ1) is 20.9. The van der Waals surface area contributed by atoms with E-state index in [-0.39, 0.29) is 10.8 Å². The van der Waals surface area contributed by atoms with Crippen LogP contribution in [0.3, 0.4) is 0 Å². The van der Waals surface area contributed by atoms with E-state index in [1.54, 1.807) is 40.9 Å². The molecule has 1 unspecified atom stereocenters. The van der Waals surface area contributed by atoms with Crippen LogP contribution in [0.1, 0.15) is 22.3 Å². The number of carbonyl (C=O) groups is 1. The zero-order chi connectivity index (χ0) is 21.8. The van der Waals surface area contributed by atoms with Crippen molar-refractivity contribution < 1.29 is 13.6 Å². The molecule has 1 amide bonds. The highest BCUT2D eigenvalue weighted by atomic mass is 32.3. The Morgan fingerprint density at radius 2 is 1.87 bits per heavy atom. The topological polar surface area (TPSA) is 99.4 Å². The van der Waals surface area contributed by atoms with Crippen molar-refractivity contribution in [3.05, 3.63) is 84.1 Å². The van der Waals surface area contributed by atoms with E-state index >= 15 is 0 Å². The number of aryl methyl sites for hydroxylation is 1. The summed E-state index contributed by atoms with van der Waals surface area (Å²) in [4.78, 5) is 12.8. The van der Waals surface area contributed by atoms with E-state index in [4.69, 9.17) is 0 Å². The lowest BCUT2D eigenvalue weighted by Crippen LogP contribution is -2.25.